The normalized spacial score (nSPS) is 21.2. The molecule has 18 heavy (non-hydrogen) atoms. The number of methoxy groups -OCH3 is 1. The third kappa shape index (κ3) is 4.74. The smallest absolute Gasteiger partial charge is 0.383 e. The minimum Gasteiger partial charge on any atom is -0.383 e. The molecule has 0 aromatic rings. The summed E-state index contributed by atoms with van der Waals surface area (Å²) in [4.78, 5) is 2.11. The SMILES string of the molecule is COCC(CCCN)N1CCC(C(F)(F)F)CC1. The molecule has 0 aromatic heterocycles. The highest BCUT2D eigenvalue weighted by Crippen LogP contribution is 2.34. The largest absolute Gasteiger partial charge is 0.391 e. The van der Waals surface area contributed by atoms with Gasteiger partial charge in [-0.2, -0.15) is 13.2 Å². The number of halogens is 3. The van der Waals surface area contributed by atoms with Gasteiger partial charge in [0.05, 0.1) is 12.5 Å². The lowest BCUT2D eigenvalue weighted by atomic mass is 9.94. The van der Waals surface area contributed by atoms with Crippen LogP contribution >= 0.6 is 0 Å². The van der Waals surface area contributed by atoms with Crippen molar-refractivity contribution in [3.63, 3.8) is 0 Å². The number of rotatable bonds is 6. The molecule has 2 N–H and O–H groups in total. The van der Waals surface area contributed by atoms with Gasteiger partial charge < -0.3 is 10.5 Å². The molecular formula is C12H23F3N2O. The van der Waals surface area contributed by atoms with Crippen LogP contribution in [-0.2, 0) is 4.74 Å². The second kappa shape index (κ2) is 7.31. The van der Waals surface area contributed by atoms with Crippen molar-refractivity contribution in [3.8, 4) is 0 Å². The molecule has 1 heterocycles. The van der Waals surface area contributed by atoms with Crippen molar-refractivity contribution in [1.82, 2.24) is 4.90 Å². The summed E-state index contributed by atoms with van der Waals surface area (Å²) in [7, 11) is 1.62. The molecular weight excluding hydrogens is 245 g/mol. The van der Waals surface area contributed by atoms with Crippen LogP contribution in [0.1, 0.15) is 25.7 Å². The van der Waals surface area contributed by atoms with Crippen molar-refractivity contribution < 1.29 is 17.9 Å². The van der Waals surface area contributed by atoms with Gasteiger partial charge in [0.15, 0.2) is 0 Å². The zero-order chi connectivity index (χ0) is 13.6. The molecule has 0 amide bonds. The summed E-state index contributed by atoms with van der Waals surface area (Å²) in [6.45, 7) is 2.18. The highest BCUT2D eigenvalue weighted by Gasteiger charge is 2.41. The number of likely N-dealkylation sites (tertiary alicyclic amines) is 1. The van der Waals surface area contributed by atoms with E-state index in [1.165, 1.54) is 0 Å². The predicted molar refractivity (Wildman–Crippen MR) is 64.3 cm³/mol. The summed E-state index contributed by atoms with van der Waals surface area (Å²) in [5, 5.41) is 0. The molecule has 1 unspecified atom stereocenters. The van der Waals surface area contributed by atoms with E-state index in [9.17, 15) is 13.2 Å². The molecule has 1 saturated heterocycles. The fourth-order valence-corrected chi connectivity index (χ4v) is 2.51. The molecule has 3 nitrogen and oxygen atoms in total. The average Bonchev–Trinajstić information content (AvgIpc) is 2.33. The predicted octanol–water partition coefficient (Wildman–Crippen LogP) is 2.01. The number of ether oxygens (including phenoxy) is 1. The number of nitrogens with two attached hydrogens (primary N) is 1. The van der Waals surface area contributed by atoms with Crippen molar-refractivity contribution in [2.45, 2.75) is 37.9 Å². The molecule has 1 fully saturated rings. The maximum Gasteiger partial charge on any atom is 0.391 e. The lowest BCUT2D eigenvalue weighted by molar-refractivity contribution is -0.186. The standard InChI is InChI=1S/C12H23F3N2O/c1-18-9-11(3-2-6-16)17-7-4-10(5-8-17)12(13,14)15/h10-11H,2-9,16H2,1H3. The maximum absolute atomic E-state index is 12.6. The molecule has 108 valence electrons. The molecule has 0 aliphatic carbocycles. The first-order valence-corrected chi connectivity index (χ1v) is 6.48. The molecule has 1 aliphatic heterocycles. The molecule has 1 rings (SSSR count). The number of hydrogen-bond acceptors (Lipinski definition) is 3. The number of nitrogens with zero attached hydrogens (tertiary/aromatic N) is 1. The van der Waals surface area contributed by atoms with E-state index in [4.69, 9.17) is 10.5 Å². The zero-order valence-electron chi connectivity index (χ0n) is 10.9. The molecule has 1 aliphatic rings. The van der Waals surface area contributed by atoms with E-state index in [2.05, 4.69) is 4.90 Å². The van der Waals surface area contributed by atoms with Crippen LogP contribution in [0.25, 0.3) is 0 Å². The van der Waals surface area contributed by atoms with Crippen LogP contribution in [0.2, 0.25) is 0 Å². The maximum atomic E-state index is 12.6. The Bertz CT molecular complexity index is 228. The second-order valence-electron chi connectivity index (χ2n) is 4.89. The van der Waals surface area contributed by atoms with E-state index in [0.717, 1.165) is 12.8 Å². The monoisotopic (exact) mass is 268 g/mol. The topological polar surface area (TPSA) is 38.5 Å². The summed E-state index contributed by atoms with van der Waals surface area (Å²) in [6.07, 6.45) is -1.87. The van der Waals surface area contributed by atoms with Gasteiger partial charge in [-0.1, -0.05) is 0 Å². The van der Waals surface area contributed by atoms with Gasteiger partial charge in [0, 0.05) is 13.2 Å². The van der Waals surface area contributed by atoms with Crippen LogP contribution in [0.5, 0.6) is 0 Å². The number of hydrogen-bond donors (Lipinski definition) is 1. The summed E-state index contributed by atoms with van der Waals surface area (Å²) in [5.41, 5.74) is 5.47. The van der Waals surface area contributed by atoms with Crippen LogP contribution in [-0.4, -0.2) is 50.5 Å². The average molecular weight is 268 g/mol. The van der Waals surface area contributed by atoms with Crippen LogP contribution in [0.4, 0.5) is 13.2 Å². The lowest BCUT2D eigenvalue weighted by Gasteiger charge is -2.37. The summed E-state index contributed by atoms with van der Waals surface area (Å²) >= 11 is 0. The molecule has 0 bridgehead atoms. The van der Waals surface area contributed by atoms with Gasteiger partial charge in [0.25, 0.3) is 0 Å². The summed E-state index contributed by atoms with van der Waals surface area (Å²) in [6, 6.07) is 0.202. The quantitative estimate of drug-likeness (QED) is 0.801. The van der Waals surface area contributed by atoms with E-state index in [-0.39, 0.29) is 18.9 Å². The van der Waals surface area contributed by atoms with Crippen LogP contribution in [0, 0.1) is 5.92 Å². The van der Waals surface area contributed by atoms with E-state index >= 15 is 0 Å². The fourth-order valence-electron chi connectivity index (χ4n) is 2.51. The third-order valence-electron chi connectivity index (χ3n) is 3.61. The highest BCUT2D eigenvalue weighted by molar-refractivity contribution is 4.81. The molecule has 0 saturated carbocycles. The van der Waals surface area contributed by atoms with E-state index in [1.54, 1.807) is 7.11 Å². The Hall–Kier alpha value is -0.330. The van der Waals surface area contributed by atoms with Gasteiger partial charge in [-0.05, 0) is 45.3 Å². The molecule has 6 heteroatoms. The van der Waals surface area contributed by atoms with Crippen molar-refractivity contribution >= 4 is 0 Å². The third-order valence-corrected chi connectivity index (χ3v) is 3.61. The number of piperidine rings is 1. The number of alkyl halides is 3. The molecule has 1 atom stereocenters. The Labute approximate surface area is 106 Å². The Kier molecular flexibility index (Phi) is 6.38. The molecule has 0 aromatic carbocycles. The van der Waals surface area contributed by atoms with Crippen molar-refractivity contribution in [2.75, 3.05) is 33.4 Å². The Morgan fingerprint density at radius 2 is 1.94 bits per heavy atom. The van der Waals surface area contributed by atoms with Gasteiger partial charge in [-0.15, -0.1) is 0 Å². The van der Waals surface area contributed by atoms with Gasteiger partial charge in [-0.3, -0.25) is 4.90 Å². The Balaban J connectivity index is 2.43. The fraction of sp³-hybridized carbons (Fsp3) is 1.00. The van der Waals surface area contributed by atoms with Gasteiger partial charge in [-0.25, -0.2) is 0 Å². The van der Waals surface area contributed by atoms with E-state index < -0.39 is 12.1 Å². The first kappa shape index (κ1) is 15.7. The van der Waals surface area contributed by atoms with Crippen LogP contribution < -0.4 is 5.73 Å². The molecule has 0 radical (unpaired) electrons. The minimum absolute atomic E-state index is 0.201. The van der Waals surface area contributed by atoms with Gasteiger partial charge in [0.1, 0.15) is 0 Å². The Morgan fingerprint density at radius 3 is 2.39 bits per heavy atom. The summed E-state index contributed by atoms with van der Waals surface area (Å²) in [5.74, 6) is -1.13. The molecule has 0 spiro atoms. The van der Waals surface area contributed by atoms with E-state index in [0.29, 0.717) is 26.2 Å². The first-order chi connectivity index (χ1) is 8.49. The zero-order valence-corrected chi connectivity index (χ0v) is 10.9. The van der Waals surface area contributed by atoms with Crippen LogP contribution in [0.3, 0.4) is 0 Å². The highest BCUT2D eigenvalue weighted by atomic mass is 19.4. The lowest BCUT2D eigenvalue weighted by Crippen LogP contribution is -2.46. The van der Waals surface area contributed by atoms with Crippen molar-refractivity contribution in [3.05, 3.63) is 0 Å². The second-order valence-corrected chi connectivity index (χ2v) is 4.89. The van der Waals surface area contributed by atoms with E-state index in [1.807, 2.05) is 0 Å². The summed E-state index contributed by atoms with van der Waals surface area (Å²) < 4.78 is 42.8. The van der Waals surface area contributed by atoms with Crippen molar-refractivity contribution in [1.29, 1.82) is 0 Å². The first-order valence-electron chi connectivity index (χ1n) is 6.48. The van der Waals surface area contributed by atoms with Gasteiger partial charge >= 0.3 is 6.18 Å². The van der Waals surface area contributed by atoms with Gasteiger partial charge in [0.2, 0.25) is 0 Å². The van der Waals surface area contributed by atoms with Crippen molar-refractivity contribution in [2.24, 2.45) is 11.7 Å². The van der Waals surface area contributed by atoms with Crippen LogP contribution in [0.15, 0.2) is 0 Å². The Morgan fingerprint density at radius 1 is 1.33 bits per heavy atom. The minimum atomic E-state index is -4.04.